The minimum absolute atomic E-state index is 0.0981. The summed E-state index contributed by atoms with van der Waals surface area (Å²) in [4.78, 5) is 12.7. The van der Waals surface area contributed by atoms with E-state index in [2.05, 4.69) is 10.0 Å². The standard InChI is InChI=1S/C19H13Cl3N2O3S/c20-16-8-7-13(24-28(26,27)14-4-2-1-3-5-14)10-15(16)19(25)23-12-6-9-17(21)18(22)11-12/h1-11,24H,(H,23,25). The molecule has 3 aromatic carbocycles. The second kappa shape index (κ2) is 8.41. The number of rotatable bonds is 5. The lowest BCUT2D eigenvalue weighted by molar-refractivity contribution is 0.102. The molecule has 0 atom stereocenters. The Labute approximate surface area is 177 Å². The van der Waals surface area contributed by atoms with E-state index < -0.39 is 15.9 Å². The van der Waals surface area contributed by atoms with Gasteiger partial charge in [-0.1, -0.05) is 53.0 Å². The molecule has 0 aliphatic rings. The molecule has 28 heavy (non-hydrogen) atoms. The Hall–Kier alpha value is -2.25. The summed E-state index contributed by atoms with van der Waals surface area (Å²) in [6.45, 7) is 0. The molecular formula is C19H13Cl3N2O3S. The molecule has 0 radical (unpaired) electrons. The number of anilines is 2. The van der Waals surface area contributed by atoms with Crippen LogP contribution in [0.5, 0.6) is 0 Å². The van der Waals surface area contributed by atoms with Crippen molar-refractivity contribution < 1.29 is 13.2 Å². The molecule has 3 rings (SSSR count). The molecule has 1 amide bonds. The number of carbonyl (C=O) groups is 1. The van der Waals surface area contributed by atoms with Crippen LogP contribution in [0.15, 0.2) is 71.6 Å². The third kappa shape index (κ3) is 4.77. The quantitative estimate of drug-likeness (QED) is 0.518. The van der Waals surface area contributed by atoms with Gasteiger partial charge in [0.2, 0.25) is 0 Å². The minimum Gasteiger partial charge on any atom is -0.322 e. The van der Waals surface area contributed by atoms with Crippen LogP contribution in [0, 0.1) is 0 Å². The van der Waals surface area contributed by atoms with E-state index in [1.807, 2.05) is 0 Å². The van der Waals surface area contributed by atoms with E-state index in [4.69, 9.17) is 34.8 Å². The van der Waals surface area contributed by atoms with Gasteiger partial charge in [-0.2, -0.15) is 0 Å². The third-order valence-electron chi connectivity index (χ3n) is 3.69. The third-order valence-corrected chi connectivity index (χ3v) is 6.16. The van der Waals surface area contributed by atoms with Crippen LogP contribution in [0.4, 0.5) is 11.4 Å². The highest BCUT2D eigenvalue weighted by atomic mass is 35.5. The van der Waals surface area contributed by atoms with Crippen LogP contribution in [0.2, 0.25) is 15.1 Å². The normalized spacial score (nSPS) is 11.1. The summed E-state index contributed by atoms with van der Waals surface area (Å²) >= 11 is 17.9. The Bertz CT molecular complexity index is 1140. The van der Waals surface area contributed by atoms with Crippen LogP contribution in [0.25, 0.3) is 0 Å². The number of amides is 1. The van der Waals surface area contributed by atoms with Crippen molar-refractivity contribution in [1.82, 2.24) is 0 Å². The SMILES string of the molecule is O=C(Nc1ccc(Cl)c(Cl)c1)c1cc(NS(=O)(=O)c2ccccc2)ccc1Cl. The zero-order chi connectivity index (χ0) is 20.3. The van der Waals surface area contributed by atoms with Gasteiger partial charge in [0.1, 0.15) is 0 Å². The number of halogens is 3. The molecule has 0 fully saturated rings. The fraction of sp³-hybridized carbons (Fsp3) is 0. The van der Waals surface area contributed by atoms with Gasteiger partial charge in [0.05, 0.1) is 25.5 Å². The van der Waals surface area contributed by atoms with Gasteiger partial charge in [0.25, 0.3) is 15.9 Å². The second-order valence-electron chi connectivity index (χ2n) is 5.70. The van der Waals surface area contributed by atoms with Gasteiger partial charge in [0, 0.05) is 11.4 Å². The van der Waals surface area contributed by atoms with Gasteiger partial charge in [-0.05, 0) is 48.5 Å². The topological polar surface area (TPSA) is 75.3 Å². The molecule has 9 heteroatoms. The van der Waals surface area contributed by atoms with Crippen molar-refractivity contribution in [3.8, 4) is 0 Å². The van der Waals surface area contributed by atoms with E-state index in [0.717, 1.165) is 0 Å². The van der Waals surface area contributed by atoms with Gasteiger partial charge in [-0.3, -0.25) is 9.52 Å². The van der Waals surface area contributed by atoms with Crippen molar-refractivity contribution in [2.45, 2.75) is 4.90 Å². The minimum atomic E-state index is -3.79. The summed E-state index contributed by atoms with van der Waals surface area (Å²) in [5.74, 6) is -0.524. The first-order valence-corrected chi connectivity index (χ1v) is 10.5. The first-order valence-electron chi connectivity index (χ1n) is 7.90. The Balaban J connectivity index is 1.85. The molecule has 3 aromatic rings. The predicted molar refractivity (Wildman–Crippen MR) is 113 cm³/mol. The molecule has 2 N–H and O–H groups in total. The molecular weight excluding hydrogens is 443 g/mol. The lowest BCUT2D eigenvalue weighted by atomic mass is 10.2. The van der Waals surface area contributed by atoms with Crippen LogP contribution < -0.4 is 10.0 Å². The van der Waals surface area contributed by atoms with E-state index in [0.29, 0.717) is 10.7 Å². The van der Waals surface area contributed by atoms with E-state index in [-0.39, 0.29) is 26.2 Å². The summed E-state index contributed by atoms with van der Waals surface area (Å²) in [6.07, 6.45) is 0. The summed E-state index contributed by atoms with van der Waals surface area (Å²) < 4.78 is 27.3. The monoisotopic (exact) mass is 454 g/mol. The number of benzene rings is 3. The predicted octanol–water partition coefficient (Wildman–Crippen LogP) is 5.70. The Morgan fingerprint density at radius 3 is 2.07 bits per heavy atom. The maximum absolute atomic E-state index is 12.6. The zero-order valence-corrected chi connectivity index (χ0v) is 17.2. The largest absolute Gasteiger partial charge is 0.322 e. The van der Waals surface area contributed by atoms with Crippen LogP contribution >= 0.6 is 34.8 Å². The molecule has 144 valence electrons. The Morgan fingerprint density at radius 1 is 0.750 bits per heavy atom. The first kappa shape index (κ1) is 20.5. The Kier molecular flexibility index (Phi) is 6.15. The average Bonchev–Trinajstić information content (AvgIpc) is 2.67. The second-order valence-corrected chi connectivity index (χ2v) is 8.60. The van der Waals surface area contributed by atoms with E-state index in [1.54, 1.807) is 30.3 Å². The highest BCUT2D eigenvalue weighted by molar-refractivity contribution is 7.92. The van der Waals surface area contributed by atoms with Crippen LogP contribution in [-0.2, 0) is 10.0 Å². The Morgan fingerprint density at radius 2 is 1.39 bits per heavy atom. The highest BCUT2D eigenvalue weighted by Crippen LogP contribution is 2.27. The van der Waals surface area contributed by atoms with Crippen molar-refractivity contribution in [1.29, 1.82) is 0 Å². The fourth-order valence-electron chi connectivity index (χ4n) is 2.35. The van der Waals surface area contributed by atoms with E-state index >= 15 is 0 Å². The molecule has 0 aliphatic carbocycles. The molecule has 0 bridgehead atoms. The average molecular weight is 456 g/mol. The van der Waals surface area contributed by atoms with Crippen LogP contribution in [0.1, 0.15) is 10.4 Å². The van der Waals surface area contributed by atoms with Gasteiger partial charge in [0.15, 0.2) is 0 Å². The molecule has 0 aliphatic heterocycles. The molecule has 0 spiro atoms. The number of hydrogen-bond acceptors (Lipinski definition) is 3. The maximum atomic E-state index is 12.6. The zero-order valence-electron chi connectivity index (χ0n) is 14.1. The highest BCUT2D eigenvalue weighted by Gasteiger charge is 2.17. The van der Waals surface area contributed by atoms with Crippen molar-refractivity contribution in [3.05, 3.63) is 87.4 Å². The maximum Gasteiger partial charge on any atom is 0.261 e. The number of hydrogen-bond donors (Lipinski definition) is 2. The van der Waals surface area contributed by atoms with E-state index in [9.17, 15) is 13.2 Å². The van der Waals surface area contributed by atoms with Gasteiger partial charge in [-0.25, -0.2) is 8.42 Å². The van der Waals surface area contributed by atoms with Crippen LogP contribution in [0.3, 0.4) is 0 Å². The van der Waals surface area contributed by atoms with E-state index in [1.165, 1.54) is 36.4 Å². The molecule has 0 saturated carbocycles. The van der Waals surface area contributed by atoms with Gasteiger partial charge >= 0.3 is 0 Å². The smallest absolute Gasteiger partial charge is 0.261 e. The number of sulfonamides is 1. The number of carbonyl (C=O) groups excluding carboxylic acids is 1. The summed E-state index contributed by atoms with van der Waals surface area (Å²) in [7, 11) is -3.79. The van der Waals surface area contributed by atoms with Crippen molar-refractivity contribution >= 4 is 62.1 Å². The lowest BCUT2D eigenvalue weighted by Crippen LogP contribution is -2.15. The van der Waals surface area contributed by atoms with Crippen molar-refractivity contribution in [3.63, 3.8) is 0 Å². The van der Waals surface area contributed by atoms with Crippen LogP contribution in [-0.4, -0.2) is 14.3 Å². The van der Waals surface area contributed by atoms with Crippen molar-refractivity contribution in [2.75, 3.05) is 10.0 Å². The molecule has 5 nitrogen and oxygen atoms in total. The van der Waals surface area contributed by atoms with Gasteiger partial charge in [-0.15, -0.1) is 0 Å². The lowest BCUT2D eigenvalue weighted by Gasteiger charge is -2.11. The summed E-state index contributed by atoms with van der Waals surface area (Å²) in [5, 5.41) is 3.46. The molecule has 0 saturated heterocycles. The van der Waals surface area contributed by atoms with Crippen molar-refractivity contribution in [2.24, 2.45) is 0 Å². The summed E-state index contributed by atoms with van der Waals surface area (Å²) in [5.41, 5.74) is 0.722. The fourth-order valence-corrected chi connectivity index (χ4v) is 3.92. The molecule has 0 heterocycles. The first-order chi connectivity index (χ1) is 13.3. The molecule has 0 aromatic heterocycles. The molecule has 0 unspecified atom stereocenters. The summed E-state index contributed by atoms with van der Waals surface area (Å²) in [6, 6.07) is 16.8. The van der Waals surface area contributed by atoms with Gasteiger partial charge < -0.3 is 5.32 Å². The number of nitrogens with one attached hydrogen (secondary N) is 2.